The zero-order valence-electron chi connectivity index (χ0n) is 9.40. The maximum absolute atomic E-state index is 5.63. The maximum atomic E-state index is 5.63. The molecule has 0 aliphatic heterocycles. The van der Waals surface area contributed by atoms with Crippen LogP contribution in [0.5, 0.6) is 0 Å². The van der Waals surface area contributed by atoms with Crippen LogP contribution in [0.1, 0.15) is 26.0 Å². The molecule has 3 heteroatoms. The van der Waals surface area contributed by atoms with E-state index in [1.54, 1.807) is 0 Å². The Balaban J connectivity index is 2.37. The Labute approximate surface area is 86.3 Å². The molecule has 0 saturated heterocycles. The molecule has 2 atom stereocenters. The number of hydrogen-bond donors (Lipinski definition) is 1. The number of rotatable bonds is 5. The van der Waals surface area contributed by atoms with Crippen molar-refractivity contribution in [3.05, 3.63) is 18.0 Å². The van der Waals surface area contributed by atoms with Crippen LogP contribution in [0.4, 0.5) is 0 Å². The smallest absolute Gasteiger partial charge is 0.0492 e. The van der Waals surface area contributed by atoms with Crippen molar-refractivity contribution in [3.8, 4) is 0 Å². The van der Waals surface area contributed by atoms with Crippen LogP contribution in [0.15, 0.2) is 12.3 Å². The minimum atomic E-state index is 0.614. The second kappa shape index (κ2) is 5.15. The zero-order chi connectivity index (χ0) is 10.6. The Morgan fingerprint density at radius 1 is 1.43 bits per heavy atom. The van der Waals surface area contributed by atoms with Crippen molar-refractivity contribution in [3.63, 3.8) is 0 Å². The molecule has 0 spiro atoms. The molecule has 80 valence electrons. The first kappa shape index (κ1) is 11.2. The highest BCUT2D eigenvalue weighted by Crippen LogP contribution is 2.16. The van der Waals surface area contributed by atoms with E-state index in [1.807, 2.05) is 17.9 Å². The van der Waals surface area contributed by atoms with Crippen molar-refractivity contribution in [1.29, 1.82) is 0 Å². The summed E-state index contributed by atoms with van der Waals surface area (Å²) in [6.07, 6.45) is 4.15. The lowest BCUT2D eigenvalue weighted by Crippen LogP contribution is -2.19. The third-order valence-electron chi connectivity index (χ3n) is 3.12. The van der Waals surface area contributed by atoms with E-state index in [0.29, 0.717) is 11.8 Å². The number of nitrogens with two attached hydrogens (primary N) is 1. The number of aromatic nitrogens is 2. The molecule has 0 fully saturated rings. The van der Waals surface area contributed by atoms with Crippen LogP contribution < -0.4 is 5.73 Å². The summed E-state index contributed by atoms with van der Waals surface area (Å²) in [6, 6.07) is 2.08. The van der Waals surface area contributed by atoms with Crippen molar-refractivity contribution < 1.29 is 0 Å². The van der Waals surface area contributed by atoms with Crippen LogP contribution >= 0.6 is 0 Å². The summed E-state index contributed by atoms with van der Waals surface area (Å²) < 4.78 is 1.94. The second-order valence-corrected chi connectivity index (χ2v) is 4.18. The maximum Gasteiger partial charge on any atom is 0.0492 e. The largest absolute Gasteiger partial charge is 0.330 e. The molecule has 0 amide bonds. The fourth-order valence-corrected chi connectivity index (χ4v) is 1.54. The molecule has 0 saturated carbocycles. The van der Waals surface area contributed by atoms with Crippen LogP contribution in [-0.4, -0.2) is 16.3 Å². The van der Waals surface area contributed by atoms with Crippen LogP contribution in [-0.2, 0) is 13.5 Å². The van der Waals surface area contributed by atoms with E-state index in [9.17, 15) is 0 Å². The molecular formula is C11H21N3. The van der Waals surface area contributed by atoms with E-state index in [2.05, 4.69) is 25.0 Å². The van der Waals surface area contributed by atoms with E-state index in [1.165, 1.54) is 12.1 Å². The highest BCUT2D eigenvalue weighted by Gasteiger charge is 2.11. The van der Waals surface area contributed by atoms with Gasteiger partial charge in [-0.3, -0.25) is 4.68 Å². The lowest BCUT2D eigenvalue weighted by molar-refractivity contribution is 0.369. The summed E-state index contributed by atoms with van der Waals surface area (Å²) in [6.45, 7) is 5.27. The Morgan fingerprint density at radius 3 is 2.64 bits per heavy atom. The molecule has 2 unspecified atom stereocenters. The molecule has 1 heterocycles. The van der Waals surface area contributed by atoms with Gasteiger partial charge in [0.1, 0.15) is 0 Å². The van der Waals surface area contributed by atoms with E-state index in [-0.39, 0.29) is 0 Å². The van der Waals surface area contributed by atoms with Crippen molar-refractivity contribution in [2.24, 2.45) is 24.6 Å². The van der Waals surface area contributed by atoms with Crippen LogP contribution in [0.3, 0.4) is 0 Å². The van der Waals surface area contributed by atoms with Crippen LogP contribution in [0.25, 0.3) is 0 Å². The third kappa shape index (κ3) is 2.84. The third-order valence-corrected chi connectivity index (χ3v) is 3.12. The van der Waals surface area contributed by atoms with Gasteiger partial charge in [0.2, 0.25) is 0 Å². The quantitative estimate of drug-likeness (QED) is 0.775. The number of hydrogen-bond acceptors (Lipinski definition) is 2. The first-order valence-electron chi connectivity index (χ1n) is 5.32. The van der Waals surface area contributed by atoms with Crippen molar-refractivity contribution >= 4 is 0 Å². The first-order valence-corrected chi connectivity index (χ1v) is 5.32. The van der Waals surface area contributed by atoms with Gasteiger partial charge in [0, 0.05) is 18.9 Å². The molecule has 1 aromatic heterocycles. The average molecular weight is 195 g/mol. The van der Waals surface area contributed by atoms with Gasteiger partial charge in [-0.25, -0.2) is 0 Å². The van der Waals surface area contributed by atoms with Crippen LogP contribution in [0.2, 0.25) is 0 Å². The second-order valence-electron chi connectivity index (χ2n) is 4.18. The van der Waals surface area contributed by atoms with Gasteiger partial charge in [-0.15, -0.1) is 0 Å². The number of aryl methyl sites for hydroxylation is 2. The standard InChI is InChI=1S/C11H21N3/c1-9(10(2)8-12)4-5-11-6-7-13-14(11)3/h6-7,9-10H,4-5,8,12H2,1-3H3. The summed E-state index contributed by atoms with van der Waals surface area (Å²) in [7, 11) is 1.99. The molecule has 0 aromatic carbocycles. The topological polar surface area (TPSA) is 43.8 Å². The fourth-order valence-electron chi connectivity index (χ4n) is 1.54. The van der Waals surface area contributed by atoms with Gasteiger partial charge in [-0.05, 0) is 37.3 Å². The molecule has 0 radical (unpaired) electrons. The van der Waals surface area contributed by atoms with Gasteiger partial charge in [-0.2, -0.15) is 5.10 Å². The SMILES string of the molecule is CC(CN)C(C)CCc1ccnn1C. The van der Waals surface area contributed by atoms with Crippen LogP contribution in [0, 0.1) is 11.8 Å². The van der Waals surface area contributed by atoms with Gasteiger partial charge >= 0.3 is 0 Å². The molecule has 1 rings (SSSR count). The zero-order valence-corrected chi connectivity index (χ0v) is 9.40. The van der Waals surface area contributed by atoms with Gasteiger partial charge in [0.25, 0.3) is 0 Å². The Morgan fingerprint density at radius 2 is 2.14 bits per heavy atom. The highest BCUT2D eigenvalue weighted by atomic mass is 15.2. The molecule has 0 aliphatic carbocycles. The minimum Gasteiger partial charge on any atom is -0.330 e. The van der Waals surface area contributed by atoms with E-state index < -0.39 is 0 Å². The molecule has 3 nitrogen and oxygen atoms in total. The molecule has 2 N–H and O–H groups in total. The monoisotopic (exact) mass is 195 g/mol. The highest BCUT2D eigenvalue weighted by molar-refractivity contribution is 4.99. The Hall–Kier alpha value is -0.830. The normalized spacial score (nSPS) is 15.4. The predicted octanol–water partition coefficient (Wildman–Crippen LogP) is 1.58. The lowest BCUT2D eigenvalue weighted by Gasteiger charge is -2.17. The average Bonchev–Trinajstić information content (AvgIpc) is 2.59. The number of nitrogens with zero attached hydrogens (tertiary/aromatic N) is 2. The molecule has 14 heavy (non-hydrogen) atoms. The van der Waals surface area contributed by atoms with E-state index in [0.717, 1.165) is 13.0 Å². The summed E-state index contributed by atoms with van der Waals surface area (Å²) in [5, 5.41) is 4.15. The molecule has 1 aromatic rings. The summed E-state index contributed by atoms with van der Waals surface area (Å²) >= 11 is 0. The predicted molar refractivity (Wildman–Crippen MR) is 58.9 cm³/mol. The molecular weight excluding hydrogens is 174 g/mol. The summed E-state index contributed by atoms with van der Waals surface area (Å²) in [5.74, 6) is 1.30. The lowest BCUT2D eigenvalue weighted by atomic mass is 9.91. The molecule has 0 bridgehead atoms. The van der Waals surface area contributed by atoms with Crippen molar-refractivity contribution in [2.75, 3.05) is 6.54 Å². The summed E-state index contributed by atoms with van der Waals surface area (Å²) in [5.41, 5.74) is 6.94. The van der Waals surface area contributed by atoms with Gasteiger partial charge < -0.3 is 5.73 Å². The van der Waals surface area contributed by atoms with Gasteiger partial charge in [0.05, 0.1) is 0 Å². The minimum absolute atomic E-state index is 0.614. The fraction of sp³-hybridized carbons (Fsp3) is 0.727. The van der Waals surface area contributed by atoms with E-state index >= 15 is 0 Å². The van der Waals surface area contributed by atoms with Crippen molar-refractivity contribution in [1.82, 2.24) is 9.78 Å². The van der Waals surface area contributed by atoms with Gasteiger partial charge in [0.15, 0.2) is 0 Å². The van der Waals surface area contributed by atoms with Crippen molar-refractivity contribution in [2.45, 2.75) is 26.7 Å². The molecule has 0 aliphatic rings. The Kier molecular flexibility index (Phi) is 4.14. The summed E-state index contributed by atoms with van der Waals surface area (Å²) in [4.78, 5) is 0. The van der Waals surface area contributed by atoms with Gasteiger partial charge in [-0.1, -0.05) is 13.8 Å². The van der Waals surface area contributed by atoms with E-state index in [4.69, 9.17) is 5.73 Å². The first-order chi connectivity index (χ1) is 6.65. The Bertz CT molecular complexity index is 267.